The molecule has 0 radical (unpaired) electrons. The van der Waals surface area contributed by atoms with Crippen LogP contribution in [0, 0.1) is 5.92 Å². The summed E-state index contributed by atoms with van der Waals surface area (Å²) in [5, 5.41) is 5.03. The third-order valence-corrected chi connectivity index (χ3v) is 3.57. The van der Waals surface area contributed by atoms with Gasteiger partial charge in [-0.25, -0.2) is 0 Å². The van der Waals surface area contributed by atoms with E-state index in [1.54, 1.807) is 11.4 Å². The van der Waals surface area contributed by atoms with Crippen molar-refractivity contribution in [1.29, 1.82) is 0 Å². The molecule has 1 heterocycles. The minimum Gasteiger partial charge on any atom is -0.366 e. The van der Waals surface area contributed by atoms with Gasteiger partial charge >= 0.3 is 0 Å². The second-order valence-corrected chi connectivity index (χ2v) is 4.96. The van der Waals surface area contributed by atoms with E-state index in [9.17, 15) is 9.59 Å². The van der Waals surface area contributed by atoms with Crippen molar-refractivity contribution < 1.29 is 9.59 Å². The molecule has 0 fully saturated rings. The van der Waals surface area contributed by atoms with Crippen molar-refractivity contribution in [2.75, 3.05) is 5.32 Å². The highest BCUT2D eigenvalue weighted by molar-refractivity contribution is 7.14. The molecule has 1 atom stereocenters. The summed E-state index contributed by atoms with van der Waals surface area (Å²) in [5.41, 5.74) is 5.58. The van der Waals surface area contributed by atoms with Crippen LogP contribution in [0.2, 0.25) is 0 Å². The molecule has 0 spiro atoms. The van der Waals surface area contributed by atoms with Crippen LogP contribution in [0.3, 0.4) is 0 Å². The van der Waals surface area contributed by atoms with Gasteiger partial charge in [-0.1, -0.05) is 12.2 Å². The molecule has 0 aromatic carbocycles. The third kappa shape index (κ3) is 2.94. The van der Waals surface area contributed by atoms with Crippen molar-refractivity contribution in [3.05, 3.63) is 29.2 Å². The predicted octanol–water partition coefficient (Wildman–Crippen LogP) is 2.14. The zero-order chi connectivity index (χ0) is 12.3. The molecule has 0 bridgehead atoms. The van der Waals surface area contributed by atoms with Crippen molar-refractivity contribution in [2.24, 2.45) is 11.7 Å². The zero-order valence-electron chi connectivity index (χ0n) is 9.31. The zero-order valence-corrected chi connectivity index (χ0v) is 10.1. The molecule has 17 heavy (non-hydrogen) atoms. The number of carbonyl (C=O) groups excluding carboxylic acids is 2. The number of nitrogens with two attached hydrogens (primary N) is 1. The molecule has 1 aromatic rings. The molecule has 1 unspecified atom stereocenters. The van der Waals surface area contributed by atoms with Crippen molar-refractivity contribution in [2.45, 2.75) is 19.3 Å². The van der Waals surface area contributed by atoms with E-state index < -0.39 is 5.91 Å². The van der Waals surface area contributed by atoms with Gasteiger partial charge in [-0.2, -0.15) is 0 Å². The molecule has 2 rings (SSSR count). The Morgan fingerprint density at radius 3 is 3.00 bits per heavy atom. The molecule has 4 nitrogen and oxygen atoms in total. The van der Waals surface area contributed by atoms with Crippen molar-refractivity contribution in [1.82, 2.24) is 0 Å². The number of nitrogens with one attached hydrogen (secondary N) is 1. The van der Waals surface area contributed by atoms with Crippen LogP contribution in [-0.4, -0.2) is 11.8 Å². The topological polar surface area (TPSA) is 72.2 Å². The molecule has 1 aliphatic rings. The van der Waals surface area contributed by atoms with Crippen LogP contribution < -0.4 is 11.1 Å². The predicted molar refractivity (Wildman–Crippen MR) is 67.9 cm³/mol. The summed E-state index contributed by atoms with van der Waals surface area (Å²) in [6.07, 6.45) is 6.71. The summed E-state index contributed by atoms with van der Waals surface area (Å²) in [7, 11) is 0. The van der Waals surface area contributed by atoms with Crippen molar-refractivity contribution in [3.8, 4) is 0 Å². The van der Waals surface area contributed by atoms with Gasteiger partial charge in [0.05, 0.1) is 5.56 Å². The third-order valence-electron chi connectivity index (χ3n) is 2.74. The molecular weight excluding hydrogens is 236 g/mol. The number of primary amides is 1. The molecule has 5 heteroatoms. The molecule has 2 amide bonds. The Morgan fingerprint density at radius 1 is 1.53 bits per heavy atom. The number of rotatable bonds is 4. The van der Waals surface area contributed by atoms with Crippen LogP contribution >= 0.6 is 11.3 Å². The molecule has 0 aliphatic heterocycles. The molecule has 1 aromatic heterocycles. The second kappa shape index (κ2) is 5.14. The fourth-order valence-electron chi connectivity index (χ4n) is 1.88. The lowest BCUT2D eigenvalue weighted by molar-refractivity contribution is -0.116. The maximum atomic E-state index is 11.8. The Balaban J connectivity index is 1.95. The quantitative estimate of drug-likeness (QED) is 0.803. The first-order chi connectivity index (χ1) is 8.16. The summed E-state index contributed by atoms with van der Waals surface area (Å²) < 4.78 is 0. The largest absolute Gasteiger partial charge is 0.366 e. The lowest BCUT2D eigenvalue weighted by Crippen LogP contribution is -2.17. The highest BCUT2D eigenvalue weighted by Crippen LogP contribution is 2.25. The van der Waals surface area contributed by atoms with Crippen LogP contribution in [0.5, 0.6) is 0 Å². The molecule has 1 aliphatic carbocycles. The smallest absolute Gasteiger partial charge is 0.251 e. The van der Waals surface area contributed by atoms with E-state index in [0.29, 0.717) is 22.9 Å². The highest BCUT2D eigenvalue weighted by Gasteiger charge is 2.16. The maximum absolute atomic E-state index is 11.8. The van der Waals surface area contributed by atoms with E-state index in [2.05, 4.69) is 17.5 Å². The summed E-state index contributed by atoms with van der Waals surface area (Å²) in [5.74, 6) is -0.249. The highest BCUT2D eigenvalue weighted by atomic mass is 32.1. The monoisotopic (exact) mass is 250 g/mol. The number of hydrogen-bond donors (Lipinski definition) is 2. The van der Waals surface area contributed by atoms with E-state index in [1.807, 2.05) is 0 Å². The number of thiophene rings is 1. The number of hydrogen-bond acceptors (Lipinski definition) is 3. The fourth-order valence-corrected chi connectivity index (χ4v) is 2.69. The van der Waals surface area contributed by atoms with Crippen LogP contribution in [0.25, 0.3) is 0 Å². The number of anilines is 1. The van der Waals surface area contributed by atoms with Crippen LogP contribution in [-0.2, 0) is 4.79 Å². The molecular formula is C12H14N2O2S. The average Bonchev–Trinajstić information content (AvgIpc) is 2.88. The van der Waals surface area contributed by atoms with Crippen LogP contribution in [0.15, 0.2) is 23.6 Å². The van der Waals surface area contributed by atoms with E-state index >= 15 is 0 Å². The van der Waals surface area contributed by atoms with Crippen molar-refractivity contribution >= 4 is 28.2 Å². The number of amides is 2. The molecule has 0 saturated heterocycles. The van der Waals surface area contributed by atoms with E-state index in [0.717, 1.165) is 12.8 Å². The normalized spacial score (nSPS) is 18.2. The Morgan fingerprint density at radius 2 is 2.35 bits per heavy atom. The Hall–Kier alpha value is -1.62. The molecule has 3 N–H and O–H groups in total. The Labute approximate surface area is 104 Å². The SMILES string of the molecule is NC(=O)c1ccsc1NC(=O)CC1C=CCC1. The summed E-state index contributed by atoms with van der Waals surface area (Å²) in [4.78, 5) is 22.8. The number of carbonyl (C=O) groups is 2. The summed E-state index contributed by atoms with van der Waals surface area (Å²) >= 11 is 1.31. The van der Waals surface area contributed by atoms with E-state index in [4.69, 9.17) is 5.73 Å². The van der Waals surface area contributed by atoms with Crippen molar-refractivity contribution in [3.63, 3.8) is 0 Å². The van der Waals surface area contributed by atoms with Crippen LogP contribution in [0.4, 0.5) is 5.00 Å². The standard InChI is InChI=1S/C12H14N2O2S/c13-11(16)9-5-6-17-12(9)14-10(15)7-8-3-1-2-4-8/h1,3,5-6,8H,2,4,7H2,(H2,13,16)(H,14,15). The minimum atomic E-state index is -0.512. The lowest BCUT2D eigenvalue weighted by atomic mass is 10.1. The Kier molecular flexibility index (Phi) is 3.58. The van der Waals surface area contributed by atoms with Gasteiger partial charge in [0, 0.05) is 6.42 Å². The molecule has 0 saturated carbocycles. The van der Waals surface area contributed by atoms with Gasteiger partial charge in [0.2, 0.25) is 5.91 Å². The van der Waals surface area contributed by atoms with Gasteiger partial charge < -0.3 is 11.1 Å². The number of allylic oxidation sites excluding steroid dienone is 2. The summed E-state index contributed by atoms with van der Waals surface area (Å²) in [6, 6.07) is 1.62. The average molecular weight is 250 g/mol. The van der Waals surface area contributed by atoms with Gasteiger partial charge in [-0.05, 0) is 30.2 Å². The van der Waals surface area contributed by atoms with Gasteiger partial charge in [-0.15, -0.1) is 11.3 Å². The van der Waals surface area contributed by atoms with Gasteiger partial charge in [0.1, 0.15) is 5.00 Å². The molecule has 90 valence electrons. The van der Waals surface area contributed by atoms with Gasteiger partial charge in [0.25, 0.3) is 5.91 Å². The first-order valence-electron chi connectivity index (χ1n) is 5.50. The van der Waals surface area contributed by atoms with E-state index in [1.165, 1.54) is 11.3 Å². The first-order valence-corrected chi connectivity index (χ1v) is 6.38. The minimum absolute atomic E-state index is 0.0634. The van der Waals surface area contributed by atoms with Gasteiger partial charge in [-0.3, -0.25) is 9.59 Å². The van der Waals surface area contributed by atoms with E-state index in [-0.39, 0.29) is 5.91 Å². The fraction of sp³-hybridized carbons (Fsp3) is 0.333. The second-order valence-electron chi connectivity index (χ2n) is 4.05. The lowest BCUT2D eigenvalue weighted by Gasteiger charge is -2.08. The van der Waals surface area contributed by atoms with Crippen LogP contribution in [0.1, 0.15) is 29.6 Å². The summed E-state index contributed by atoms with van der Waals surface area (Å²) in [6.45, 7) is 0. The van der Waals surface area contributed by atoms with Gasteiger partial charge in [0.15, 0.2) is 0 Å². The Bertz CT molecular complexity index is 465. The first kappa shape index (κ1) is 11.9. The maximum Gasteiger partial charge on any atom is 0.251 e.